The Morgan fingerprint density at radius 1 is 1.13 bits per heavy atom. The minimum atomic E-state index is -0.627. The molecule has 3 atom stereocenters. The Balaban J connectivity index is 1.34. The summed E-state index contributed by atoms with van der Waals surface area (Å²) in [5.41, 5.74) is 0.428. The molecule has 9 nitrogen and oxygen atoms in total. The van der Waals surface area contributed by atoms with E-state index in [0.29, 0.717) is 30.2 Å². The first-order valence-corrected chi connectivity index (χ1v) is 10.1. The van der Waals surface area contributed by atoms with Gasteiger partial charge in [-0.05, 0) is 25.2 Å². The topological polar surface area (TPSA) is 101 Å². The third-order valence-corrected chi connectivity index (χ3v) is 5.63. The molecule has 0 spiro atoms. The van der Waals surface area contributed by atoms with E-state index < -0.39 is 18.2 Å². The van der Waals surface area contributed by atoms with E-state index in [1.807, 2.05) is 11.9 Å². The molecule has 0 bridgehead atoms. The second-order valence-corrected chi connectivity index (χ2v) is 7.74. The number of nitrogens with zero attached hydrogens (tertiary/aromatic N) is 2. The molecule has 3 aliphatic heterocycles. The number of amides is 2. The maximum Gasteiger partial charge on any atom is 0.251 e. The summed E-state index contributed by atoms with van der Waals surface area (Å²) in [6.45, 7) is 3.02. The summed E-state index contributed by atoms with van der Waals surface area (Å²) in [5, 5.41) is 12.6. The molecular weight excluding hydrogens is 390 g/mol. The van der Waals surface area contributed by atoms with E-state index >= 15 is 0 Å². The number of carbonyl (C=O) groups excluding carboxylic acids is 2. The molecule has 4 rings (SSSR count). The highest BCUT2D eigenvalue weighted by molar-refractivity contribution is 5.95. The van der Waals surface area contributed by atoms with Crippen LogP contribution in [-0.4, -0.2) is 91.6 Å². The molecule has 1 saturated heterocycles. The van der Waals surface area contributed by atoms with Gasteiger partial charge in [0.1, 0.15) is 6.10 Å². The van der Waals surface area contributed by atoms with Gasteiger partial charge in [0.05, 0.1) is 25.2 Å². The van der Waals surface area contributed by atoms with Crippen molar-refractivity contribution in [3.8, 4) is 11.5 Å². The first-order valence-electron chi connectivity index (χ1n) is 10.1. The van der Waals surface area contributed by atoms with E-state index in [9.17, 15) is 14.7 Å². The zero-order chi connectivity index (χ0) is 21.1. The van der Waals surface area contributed by atoms with Gasteiger partial charge in [0, 0.05) is 31.7 Å². The van der Waals surface area contributed by atoms with Crippen LogP contribution in [0.25, 0.3) is 0 Å². The molecule has 0 radical (unpaired) electrons. The smallest absolute Gasteiger partial charge is 0.251 e. The molecule has 0 unspecified atom stereocenters. The van der Waals surface area contributed by atoms with Crippen LogP contribution in [-0.2, 0) is 9.53 Å². The van der Waals surface area contributed by atoms with E-state index in [1.54, 1.807) is 30.4 Å². The molecule has 2 amide bonds. The molecule has 0 aromatic heterocycles. The number of aliphatic hydroxyl groups is 1. The van der Waals surface area contributed by atoms with E-state index in [2.05, 4.69) is 10.2 Å². The van der Waals surface area contributed by atoms with Crippen LogP contribution in [0.3, 0.4) is 0 Å². The molecule has 162 valence electrons. The highest BCUT2D eigenvalue weighted by Crippen LogP contribution is 2.32. The minimum absolute atomic E-state index is 0.0392. The molecule has 3 heterocycles. The Bertz CT molecular complexity index is 821. The van der Waals surface area contributed by atoms with Gasteiger partial charge in [-0.2, -0.15) is 0 Å². The van der Waals surface area contributed by atoms with Crippen molar-refractivity contribution in [3.63, 3.8) is 0 Å². The molecular formula is C21H27N3O6. The number of ether oxygens (including phenoxy) is 3. The predicted octanol–water partition coefficient (Wildman–Crippen LogP) is -0.00630. The molecule has 2 N–H and O–H groups in total. The van der Waals surface area contributed by atoms with Crippen molar-refractivity contribution in [1.29, 1.82) is 0 Å². The zero-order valence-electron chi connectivity index (χ0n) is 17.0. The number of rotatable bonds is 5. The standard InChI is InChI=1S/C21H27N3O6/c1-23-6-8-24(9-7-23)20(26)11-15-3-4-16(19(12-25)30-15)22-21(27)14-2-5-17-18(10-14)29-13-28-17/h2-5,10,15-16,19,25H,6-9,11-13H2,1H3,(H,22,27)/t15-,16-,19+/m0/s1. The third-order valence-electron chi connectivity index (χ3n) is 5.63. The number of fused-ring (bicyclic) bond motifs is 1. The van der Waals surface area contributed by atoms with Gasteiger partial charge < -0.3 is 34.4 Å². The molecule has 0 saturated carbocycles. The number of hydrogen-bond acceptors (Lipinski definition) is 7. The second kappa shape index (κ2) is 9.03. The first-order chi connectivity index (χ1) is 14.5. The normalized spacial score (nSPS) is 25.9. The number of aliphatic hydroxyl groups excluding tert-OH is 1. The Kier molecular flexibility index (Phi) is 6.21. The van der Waals surface area contributed by atoms with Crippen LogP contribution in [0.2, 0.25) is 0 Å². The SMILES string of the molecule is CN1CCN(C(=O)C[C@@H]2C=C[C@H](NC(=O)c3ccc4c(c3)OCO4)[C@@H](CO)O2)CC1. The number of hydrogen-bond donors (Lipinski definition) is 2. The molecule has 1 fully saturated rings. The van der Waals surface area contributed by atoms with Gasteiger partial charge in [0.15, 0.2) is 11.5 Å². The Labute approximate surface area is 175 Å². The van der Waals surface area contributed by atoms with Gasteiger partial charge in [-0.25, -0.2) is 0 Å². The van der Waals surface area contributed by atoms with Crippen LogP contribution in [0.5, 0.6) is 11.5 Å². The van der Waals surface area contributed by atoms with Gasteiger partial charge in [-0.3, -0.25) is 9.59 Å². The summed E-state index contributed by atoms with van der Waals surface area (Å²) in [6, 6.07) is 4.47. The van der Waals surface area contributed by atoms with E-state index in [0.717, 1.165) is 13.1 Å². The Morgan fingerprint density at radius 3 is 2.67 bits per heavy atom. The second-order valence-electron chi connectivity index (χ2n) is 7.74. The number of carbonyl (C=O) groups is 2. The summed E-state index contributed by atoms with van der Waals surface area (Å²) in [4.78, 5) is 29.2. The van der Waals surface area contributed by atoms with Crippen molar-refractivity contribution < 1.29 is 28.9 Å². The lowest BCUT2D eigenvalue weighted by molar-refractivity contribution is -0.137. The minimum Gasteiger partial charge on any atom is -0.454 e. The largest absolute Gasteiger partial charge is 0.454 e. The van der Waals surface area contributed by atoms with Gasteiger partial charge in [-0.15, -0.1) is 0 Å². The van der Waals surface area contributed by atoms with Gasteiger partial charge in [0.2, 0.25) is 12.7 Å². The molecule has 3 aliphatic rings. The lowest BCUT2D eigenvalue weighted by atomic mass is 10.0. The highest BCUT2D eigenvalue weighted by Gasteiger charge is 2.31. The maximum atomic E-state index is 12.6. The van der Waals surface area contributed by atoms with Crippen LogP contribution in [0, 0.1) is 0 Å². The van der Waals surface area contributed by atoms with E-state index in [-0.39, 0.29) is 31.6 Å². The van der Waals surface area contributed by atoms with Crippen molar-refractivity contribution in [2.75, 3.05) is 46.6 Å². The number of benzene rings is 1. The summed E-state index contributed by atoms with van der Waals surface area (Å²) >= 11 is 0. The van der Waals surface area contributed by atoms with Crippen molar-refractivity contribution >= 4 is 11.8 Å². The Morgan fingerprint density at radius 2 is 1.90 bits per heavy atom. The van der Waals surface area contributed by atoms with E-state index in [4.69, 9.17) is 14.2 Å². The zero-order valence-corrected chi connectivity index (χ0v) is 17.0. The summed E-state index contributed by atoms with van der Waals surface area (Å²) in [5.74, 6) is 0.863. The number of piperazine rings is 1. The predicted molar refractivity (Wildman–Crippen MR) is 107 cm³/mol. The number of nitrogens with one attached hydrogen (secondary N) is 1. The van der Waals surface area contributed by atoms with Crippen LogP contribution in [0.1, 0.15) is 16.8 Å². The lowest BCUT2D eigenvalue weighted by Gasteiger charge is -2.35. The van der Waals surface area contributed by atoms with E-state index in [1.165, 1.54) is 0 Å². The average Bonchev–Trinajstić information content (AvgIpc) is 3.23. The van der Waals surface area contributed by atoms with Crippen molar-refractivity contribution in [3.05, 3.63) is 35.9 Å². The quantitative estimate of drug-likeness (QED) is 0.650. The average molecular weight is 417 g/mol. The van der Waals surface area contributed by atoms with Crippen LogP contribution >= 0.6 is 0 Å². The van der Waals surface area contributed by atoms with Gasteiger partial charge in [0.25, 0.3) is 5.91 Å². The monoisotopic (exact) mass is 417 g/mol. The highest BCUT2D eigenvalue weighted by atomic mass is 16.7. The van der Waals surface area contributed by atoms with Gasteiger partial charge in [-0.1, -0.05) is 12.2 Å². The summed E-state index contributed by atoms with van der Waals surface area (Å²) in [6.07, 6.45) is 2.74. The fraction of sp³-hybridized carbons (Fsp3) is 0.524. The fourth-order valence-corrected chi connectivity index (χ4v) is 3.77. The molecule has 30 heavy (non-hydrogen) atoms. The van der Waals surface area contributed by atoms with Crippen LogP contribution < -0.4 is 14.8 Å². The molecule has 0 aliphatic carbocycles. The lowest BCUT2D eigenvalue weighted by Crippen LogP contribution is -2.50. The third kappa shape index (κ3) is 4.58. The molecule has 1 aromatic carbocycles. The summed E-state index contributed by atoms with van der Waals surface area (Å²) in [7, 11) is 2.04. The van der Waals surface area contributed by atoms with Crippen LogP contribution in [0.4, 0.5) is 0 Å². The summed E-state index contributed by atoms with van der Waals surface area (Å²) < 4.78 is 16.5. The molecule has 9 heteroatoms. The molecule has 1 aromatic rings. The van der Waals surface area contributed by atoms with Crippen molar-refractivity contribution in [2.24, 2.45) is 0 Å². The van der Waals surface area contributed by atoms with Crippen molar-refractivity contribution in [1.82, 2.24) is 15.1 Å². The Hall–Kier alpha value is -2.62. The van der Waals surface area contributed by atoms with Crippen LogP contribution in [0.15, 0.2) is 30.4 Å². The first kappa shape index (κ1) is 20.6. The van der Waals surface area contributed by atoms with Gasteiger partial charge >= 0.3 is 0 Å². The maximum absolute atomic E-state index is 12.6. The fourth-order valence-electron chi connectivity index (χ4n) is 3.77. The van der Waals surface area contributed by atoms with Crippen molar-refractivity contribution in [2.45, 2.75) is 24.7 Å². The number of likely N-dealkylation sites (N-methyl/N-ethyl adjacent to an activating group) is 1.